The minimum absolute atomic E-state index is 0.0524. The van der Waals surface area contributed by atoms with E-state index in [0.717, 1.165) is 5.56 Å². The number of thioether (sulfide) groups is 1. The first kappa shape index (κ1) is 18.1. The van der Waals surface area contributed by atoms with Gasteiger partial charge in [0.05, 0.1) is 22.4 Å². The summed E-state index contributed by atoms with van der Waals surface area (Å²) < 4.78 is 13.3. The van der Waals surface area contributed by atoms with Crippen LogP contribution in [-0.2, 0) is 10.5 Å². The maximum absolute atomic E-state index is 13.3. The highest BCUT2D eigenvalue weighted by Gasteiger charge is 2.51. The van der Waals surface area contributed by atoms with E-state index in [9.17, 15) is 19.6 Å². The molecule has 0 aliphatic carbocycles. The van der Waals surface area contributed by atoms with Gasteiger partial charge >= 0.3 is 0 Å². The fourth-order valence-corrected chi connectivity index (χ4v) is 5.12. The molecule has 1 N–H and O–H groups in total. The molecule has 0 unspecified atom stereocenters. The molecule has 2 atom stereocenters. The maximum Gasteiger partial charge on any atom is 0.231 e. The van der Waals surface area contributed by atoms with Crippen molar-refractivity contribution in [3.05, 3.63) is 81.1 Å². The Balaban J connectivity index is 1.81. The minimum Gasteiger partial charge on any atom is -0.366 e. The summed E-state index contributed by atoms with van der Waals surface area (Å²) in [5, 5.41) is 22.0. The Bertz CT molecular complexity index is 1000. The van der Waals surface area contributed by atoms with Crippen LogP contribution in [0.1, 0.15) is 23.5 Å². The van der Waals surface area contributed by atoms with E-state index < -0.39 is 17.5 Å². The molecular weight excluding hydrogens is 387 g/mol. The maximum atomic E-state index is 13.3. The molecule has 2 heterocycles. The normalized spacial score (nSPS) is 24.7. The van der Waals surface area contributed by atoms with E-state index >= 15 is 0 Å². The summed E-state index contributed by atoms with van der Waals surface area (Å²) in [6.07, 6.45) is 0.0524. The molecule has 1 amide bonds. The van der Waals surface area contributed by atoms with Crippen molar-refractivity contribution in [2.24, 2.45) is 0 Å². The largest absolute Gasteiger partial charge is 0.366 e. The van der Waals surface area contributed by atoms with Crippen LogP contribution in [0.3, 0.4) is 0 Å². The van der Waals surface area contributed by atoms with Gasteiger partial charge in [0.25, 0.3) is 0 Å². The van der Waals surface area contributed by atoms with Gasteiger partial charge in [-0.2, -0.15) is 5.26 Å². The lowest BCUT2D eigenvalue weighted by Crippen LogP contribution is -2.48. The quantitative estimate of drug-likeness (QED) is 0.823. The van der Waals surface area contributed by atoms with Gasteiger partial charge < -0.3 is 5.11 Å². The van der Waals surface area contributed by atoms with Crippen LogP contribution in [-0.4, -0.2) is 21.7 Å². The highest BCUT2D eigenvalue weighted by molar-refractivity contribution is 8.03. The number of carbonyl (C=O) groups excluding carboxylic acids is 1. The summed E-state index contributed by atoms with van der Waals surface area (Å²) in [7, 11) is 0. The van der Waals surface area contributed by atoms with Gasteiger partial charge in [-0.05, 0) is 29.8 Å². The summed E-state index contributed by atoms with van der Waals surface area (Å²) in [6, 6.07) is 14.7. The Kier molecular flexibility index (Phi) is 4.47. The molecule has 1 saturated heterocycles. The third kappa shape index (κ3) is 2.92. The molecule has 4 rings (SSSR count). The fraction of sp³-hybridized carbons (Fsp3) is 0.200. The summed E-state index contributed by atoms with van der Waals surface area (Å²) in [5.74, 6) is -0.943. The molecule has 7 heteroatoms. The Morgan fingerprint density at radius 3 is 2.70 bits per heavy atom. The summed E-state index contributed by atoms with van der Waals surface area (Å²) >= 11 is 7.33. The Morgan fingerprint density at radius 2 is 2.04 bits per heavy atom. The SMILES string of the molecule is N#CC1=C2SC[C@](O)(c3ccc(F)cc3)N2C(=O)C[C@H]1c1cccc(Cl)c1. The van der Waals surface area contributed by atoms with Crippen molar-refractivity contribution >= 4 is 29.3 Å². The zero-order valence-corrected chi connectivity index (χ0v) is 15.6. The van der Waals surface area contributed by atoms with Crippen molar-refractivity contribution in [3.8, 4) is 6.07 Å². The van der Waals surface area contributed by atoms with Crippen LogP contribution in [0.5, 0.6) is 0 Å². The van der Waals surface area contributed by atoms with Crippen molar-refractivity contribution in [2.45, 2.75) is 18.1 Å². The number of aliphatic hydroxyl groups is 1. The second kappa shape index (κ2) is 6.68. The minimum atomic E-state index is -1.60. The van der Waals surface area contributed by atoms with Gasteiger partial charge in [-0.3, -0.25) is 9.69 Å². The first-order chi connectivity index (χ1) is 12.9. The number of carbonyl (C=O) groups is 1. The highest BCUT2D eigenvalue weighted by Crippen LogP contribution is 2.51. The van der Waals surface area contributed by atoms with E-state index in [4.69, 9.17) is 11.6 Å². The second-order valence-corrected chi connectivity index (χ2v) is 7.88. The molecule has 0 spiro atoms. The molecule has 27 heavy (non-hydrogen) atoms. The predicted molar refractivity (Wildman–Crippen MR) is 101 cm³/mol. The average Bonchev–Trinajstić information content (AvgIpc) is 3.01. The van der Waals surface area contributed by atoms with Crippen LogP contribution in [0, 0.1) is 17.1 Å². The standard InChI is InChI=1S/C20H14ClFN2O2S/c21-14-3-1-2-12(8-14)16-9-18(25)24-19(17(16)10-23)27-11-20(24,26)13-4-6-15(22)7-5-13/h1-8,16,26H,9,11H2/t16-,20-/m0/s1. The van der Waals surface area contributed by atoms with Crippen molar-refractivity contribution in [1.82, 2.24) is 4.90 Å². The monoisotopic (exact) mass is 400 g/mol. The van der Waals surface area contributed by atoms with E-state index in [1.165, 1.54) is 40.9 Å². The van der Waals surface area contributed by atoms with Crippen LogP contribution in [0.2, 0.25) is 5.02 Å². The first-order valence-electron chi connectivity index (χ1n) is 8.28. The van der Waals surface area contributed by atoms with Crippen molar-refractivity contribution in [1.29, 1.82) is 5.26 Å². The van der Waals surface area contributed by atoms with E-state index in [1.807, 2.05) is 6.07 Å². The summed E-state index contributed by atoms with van der Waals surface area (Å²) in [5.41, 5.74) is 0.0298. The number of nitrogens with zero attached hydrogens (tertiary/aromatic N) is 2. The Morgan fingerprint density at radius 1 is 1.30 bits per heavy atom. The van der Waals surface area contributed by atoms with E-state index in [1.54, 1.807) is 18.2 Å². The van der Waals surface area contributed by atoms with E-state index in [2.05, 4.69) is 6.07 Å². The van der Waals surface area contributed by atoms with Gasteiger partial charge in [-0.15, -0.1) is 11.8 Å². The van der Waals surface area contributed by atoms with Gasteiger partial charge in [0, 0.05) is 22.9 Å². The molecule has 2 aliphatic rings. The topological polar surface area (TPSA) is 64.3 Å². The molecule has 2 aliphatic heterocycles. The lowest BCUT2D eigenvalue weighted by atomic mass is 9.85. The molecule has 136 valence electrons. The molecule has 2 aromatic carbocycles. The molecule has 0 bridgehead atoms. The molecule has 0 radical (unpaired) electrons. The molecule has 0 aromatic heterocycles. The van der Waals surface area contributed by atoms with Crippen molar-refractivity contribution in [2.75, 3.05) is 5.75 Å². The second-order valence-electron chi connectivity index (χ2n) is 6.48. The number of hydrogen-bond donors (Lipinski definition) is 1. The number of fused-ring (bicyclic) bond motifs is 1. The van der Waals surface area contributed by atoms with Gasteiger partial charge in [0.15, 0.2) is 5.72 Å². The van der Waals surface area contributed by atoms with E-state index in [0.29, 0.717) is 21.2 Å². The number of nitriles is 1. The fourth-order valence-electron chi connectivity index (χ4n) is 3.56. The zero-order valence-electron chi connectivity index (χ0n) is 14.0. The third-order valence-electron chi connectivity index (χ3n) is 4.87. The smallest absolute Gasteiger partial charge is 0.231 e. The molecule has 4 nitrogen and oxygen atoms in total. The number of allylic oxidation sites excluding steroid dienone is 1. The zero-order chi connectivity index (χ0) is 19.2. The van der Waals surface area contributed by atoms with Crippen LogP contribution in [0.15, 0.2) is 59.1 Å². The van der Waals surface area contributed by atoms with Crippen molar-refractivity contribution in [3.63, 3.8) is 0 Å². The summed E-state index contributed by atoms with van der Waals surface area (Å²) in [6.45, 7) is 0. The van der Waals surface area contributed by atoms with E-state index in [-0.39, 0.29) is 18.1 Å². The van der Waals surface area contributed by atoms with Crippen LogP contribution < -0.4 is 0 Å². The van der Waals surface area contributed by atoms with Crippen molar-refractivity contribution < 1.29 is 14.3 Å². The van der Waals surface area contributed by atoms with Gasteiger partial charge in [-0.25, -0.2) is 4.39 Å². The lowest BCUT2D eigenvalue weighted by molar-refractivity contribution is -0.149. The Hall–Kier alpha value is -2.33. The van der Waals surface area contributed by atoms with Gasteiger partial charge in [0.2, 0.25) is 5.91 Å². The first-order valence-corrected chi connectivity index (χ1v) is 9.64. The molecular formula is C20H14ClFN2O2S. The average molecular weight is 401 g/mol. The molecule has 0 saturated carbocycles. The highest BCUT2D eigenvalue weighted by atomic mass is 35.5. The lowest BCUT2D eigenvalue weighted by Gasteiger charge is -2.38. The number of halogens is 2. The van der Waals surface area contributed by atoms with Gasteiger partial charge in [0.1, 0.15) is 5.82 Å². The number of hydrogen-bond acceptors (Lipinski definition) is 4. The Labute approximate surface area is 164 Å². The number of rotatable bonds is 2. The van der Waals surface area contributed by atoms with Crippen LogP contribution in [0.4, 0.5) is 4.39 Å². The third-order valence-corrected chi connectivity index (χ3v) is 6.33. The molecule has 2 aromatic rings. The number of benzene rings is 2. The predicted octanol–water partition coefficient (Wildman–Crippen LogP) is 4.12. The molecule has 1 fully saturated rings. The van der Waals surface area contributed by atoms with Crippen LogP contribution >= 0.6 is 23.4 Å². The van der Waals surface area contributed by atoms with Crippen LogP contribution in [0.25, 0.3) is 0 Å². The summed E-state index contributed by atoms with van der Waals surface area (Å²) in [4.78, 5) is 14.2. The van der Waals surface area contributed by atoms with Gasteiger partial charge in [-0.1, -0.05) is 35.9 Å². The number of amides is 1.